The van der Waals surface area contributed by atoms with Gasteiger partial charge in [0, 0.05) is 12.8 Å². The van der Waals surface area contributed by atoms with Crippen LogP contribution in [0.5, 0.6) is 0 Å². The molecule has 0 aliphatic carbocycles. The Bertz CT molecular complexity index is 708. The van der Waals surface area contributed by atoms with Crippen LogP contribution in [-0.2, 0) is 19.1 Å². The summed E-state index contributed by atoms with van der Waals surface area (Å²) in [5.74, 6) is -1.69. The number of hydrogen-bond donors (Lipinski definition) is 2. The number of ether oxygens (including phenoxy) is 1. The lowest BCUT2D eigenvalue weighted by Gasteiger charge is -2.17. The summed E-state index contributed by atoms with van der Waals surface area (Å²) < 4.78 is 5.42. The molecule has 1 unspecified atom stereocenters. The molecule has 0 bridgehead atoms. The van der Waals surface area contributed by atoms with Gasteiger partial charge in [0.1, 0.15) is 6.04 Å². The Morgan fingerprint density at radius 2 is 0.956 bits per heavy atom. The molecule has 0 aliphatic rings. The maximum absolute atomic E-state index is 12.6. The normalized spacial score (nSPS) is 12.0. The van der Waals surface area contributed by atoms with E-state index in [1.807, 2.05) is 0 Å². The van der Waals surface area contributed by atoms with Crippen LogP contribution in [0.15, 0.2) is 12.2 Å². The van der Waals surface area contributed by atoms with Gasteiger partial charge in [0.2, 0.25) is 5.91 Å². The van der Waals surface area contributed by atoms with Gasteiger partial charge < -0.3 is 15.2 Å². The van der Waals surface area contributed by atoms with E-state index in [2.05, 4.69) is 31.3 Å². The van der Waals surface area contributed by atoms with Crippen LogP contribution in [0, 0.1) is 0 Å². The first-order valence-electron chi connectivity index (χ1n) is 19.3. The molecular weight excluding hydrogens is 562 g/mol. The number of esters is 1. The minimum Gasteiger partial charge on any atom is -0.481 e. The molecule has 0 spiro atoms. The van der Waals surface area contributed by atoms with E-state index < -0.39 is 18.0 Å². The zero-order valence-electron chi connectivity index (χ0n) is 29.7. The average molecular weight is 636 g/mol. The predicted molar refractivity (Wildman–Crippen MR) is 190 cm³/mol. The van der Waals surface area contributed by atoms with Crippen molar-refractivity contribution < 1.29 is 24.2 Å². The van der Waals surface area contributed by atoms with Gasteiger partial charge in [-0.2, -0.15) is 0 Å². The average Bonchev–Trinajstić information content (AvgIpc) is 3.02. The Morgan fingerprint density at radius 3 is 1.40 bits per heavy atom. The first kappa shape index (κ1) is 43.1. The smallest absolute Gasteiger partial charge is 0.328 e. The van der Waals surface area contributed by atoms with Crippen LogP contribution in [0.2, 0.25) is 0 Å². The SMILES string of the molecule is CCCCCCCC/C=C\CCCCCCCC(=O)NC(CCC(=O)O)C(=O)OCCCCCCCCCCCCCCCC. The molecule has 0 fully saturated rings. The van der Waals surface area contributed by atoms with Crippen molar-refractivity contribution in [2.45, 2.75) is 213 Å². The van der Waals surface area contributed by atoms with Gasteiger partial charge in [-0.25, -0.2) is 4.79 Å². The van der Waals surface area contributed by atoms with E-state index in [9.17, 15) is 14.4 Å². The molecule has 0 saturated carbocycles. The number of hydrogen-bond acceptors (Lipinski definition) is 4. The van der Waals surface area contributed by atoms with Crippen LogP contribution in [0.25, 0.3) is 0 Å². The number of rotatable bonds is 35. The summed E-state index contributed by atoms with van der Waals surface area (Å²) in [6, 6.07) is -0.886. The molecule has 2 N–H and O–H groups in total. The molecule has 6 nitrogen and oxygen atoms in total. The Labute approximate surface area is 278 Å². The highest BCUT2D eigenvalue weighted by Gasteiger charge is 2.23. The van der Waals surface area contributed by atoms with Gasteiger partial charge in [0.25, 0.3) is 0 Å². The lowest BCUT2D eigenvalue weighted by atomic mass is 10.0. The molecule has 0 saturated heterocycles. The zero-order valence-corrected chi connectivity index (χ0v) is 29.7. The largest absolute Gasteiger partial charge is 0.481 e. The summed E-state index contributed by atoms with van der Waals surface area (Å²) in [5, 5.41) is 11.8. The van der Waals surface area contributed by atoms with Gasteiger partial charge in [-0.15, -0.1) is 0 Å². The zero-order chi connectivity index (χ0) is 33.1. The highest BCUT2D eigenvalue weighted by Crippen LogP contribution is 2.14. The van der Waals surface area contributed by atoms with Crippen molar-refractivity contribution in [1.82, 2.24) is 5.32 Å². The highest BCUT2D eigenvalue weighted by atomic mass is 16.5. The first-order valence-corrected chi connectivity index (χ1v) is 19.3. The number of amides is 1. The minimum absolute atomic E-state index is 0.0605. The number of carboxylic acid groups (broad SMARTS) is 1. The van der Waals surface area contributed by atoms with Gasteiger partial charge in [0.05, 0.1) is 6.61 Å². The number of unbranched alkanes of at least 4 members (excludes halogenated alkanes) is 24. The Kier molecular flexibility index (Phi) is 33.6. The lowest BCUT2D eigenvalue weighted by Crippen LogP contribution is -2.42. The van der Waals surface area contributed by atoms with E-state index in [4.69, 9.17) is 9.84 Å². The number of carbonyl (C=O) groups excluding carboxylic acids is 2. The second-order valence-corrected chi connectivity index (χ2v) is 13.2. The number of carbonyl (C=O) groups is 3. The summed E-state index contributed by atoms with van der Waals surface area (Å²) in [7, 11) is 0. The van der Waals surface area contributed by atoms with E-state index in [0.29, 0.717) is 13.0 Å². The molecule has 0 aromatic carbocycles. The quantitative estimate of drug-likeness (QED) is 0.0410. The summed E-state index contributed by atoms with van der Waals surface area (Å²) in [6.07, 6.45) is 38.2. The lowest BCUT2D eigenvalue weighted by molar-refractivity contribution is -0.148. The minimum atomic E-state index is -0.980. The fourth-order valence-electron chi connectivity index (χ4n) is 5.71. The van der Waals surface area contributed by atoms with Gasteiger partial charge in [-0.1, -0.05) is 161 Å². The highest BCUT2D eigenvalue weighted by molar-refractivity contribution is 5.84. The van der Waals surface area contributed by atoms with Crippen molar-refractivity contribution in [2.24, 2.45) is 0 Å². The van der Waals surface area contributed by atoms with Crippen molar-refractivity contribution >= 4 is 17.8 Å². The summed E-state index contributed by atoms with van der Waals surface area (Å²) in [4.78, 5) is 36.2. The van der Waals surface area contributed by atoms with Crippen LogP contribution in [0.1, 0.15) is 206 Å². The number of allylic oxidation sites excluding steroid dienone is 2. The van der Waals surface area contributed by atoms with Crippen molar-refractivity contribution in [3.8, 4) is 0 Å². The van der Waals surface area contributed by atoms with Crippen molar-refractivity contribution in [2.75, 3.05) is 6.61 Å². The van der Waals surface area contributed by atoms with E-state index in [0.717, 1.165) is 51.4 Å². The van der Waals surface area contributed by atoms with Crippen LogP contribution < -0.4 is 5.32 Å². The molecule has 0 rings (SSSR count). The Balaban J connectivity index is 3.87. The van der Waals surface area contributed by atoms with Crippen LogP contribution in [0.3, 0.4) is 0 Å². The molecule has 0 aliphatic heterocycles. The van der Waals surface area contributed by atoms with Gasteiger partial charge in [-0.3, -0.25) is 9.59 Å². The molecular formula is C39H73NO5. The van der Waals surface area contributed by atoms with Gasteiger partial charge >= 0.3 is 11.9 Å². The summed E-state index contributed by atoms with van der Waals surface area (Å²) >= 11 is 0. The fourth-order valence-corrected chi connectivity index (χ4v) is 5.71. The van der Waals surface area contributed by atoms with Crippen LogP contribution in [-0.4, -0.2) is 35.6 Å². The monoisotopic (exact) mass is 636 g/mol. The number of aliphatic carboxylic acids is 1. The predicted octanol–water partition coefficient (Wildman–Crippen LogP) is 11.4. The third-order valence-electron chi connectivity index (χ3n) is 8.67. The van der Waals surface area contributed by atoms with Crippen LogP contribution in [0.4, 0.5) is 0 Å². The standard InChI is InChI=1S/C39H73NO5/c1-3-5-7-9-11-13-15-17-19-20-22-24-26-28-30-32-37(41)40-36(33-34-38(42)43)39(44)45-35-31-29-27-25-23-21-18-16-14-12-10-8-6-4-2/h17,19,36H,3-16,18,20-35H2,1-2H3,(H,40,41)(H,42,43)/b19-17-. The van der Waals surface area contributed by atoms with Gasteiger partial charge in [-0.05, 0) is 44.9 Å². The molecule has 0 aromatic rings. The summed E-state index contributed by atoms with van der Waals surface area (Å²) in [5.41, 5.74) is 0. The molecule has 1 amide bonds. The van der Waals surface area contributed by atoms with Crippen LogP contribution >= 0.6 is 0 Å². The van der Waals surface area contributed by atoms with E-state index in [1.54, 1.807) is 0 Å². The molecule has 0 heterocycles. The van der Waals surface area contributed by atoms with E-state index >= 15 is 0 Å². The molecule has 0 radical (unpaired) electrons. The summed E-state index contributed by atoms with van der Waals surface area (Å²) in [6.45, 7) is 4.84. The Hall–Kier alpha value is -1.85. The first-order chi connectivity index (χ1) is 22.0. The number of carboxylic acids is 1. The molecule has 1 atom stereocenters. The molecule has 264 valence electrons. The second kappa shape index (κ2) is 35.0. The topological polar surface area (TPSA) is 92.7 Å². The Morgan fingerprint density at radius 1 is 0.556 bits per heavy atom. The second-order valence-electron chi connectivity index (χ2n) is 13.2. The third-order valence-corrected chi connectivity index (χ3v) is 8.67. The van der Waals surface area contributed by atoms with E-state index in [-0.39, 0.29) is 18.7 Å². The van der Waals surface area contributed by atoms with Crippen molar-refractivity contribution in [3.63, 3.8) is 0 Å². The van der Waals surface area contributed by atoms with Gasteiger partial charge in [0.15, 0.2) is 0 Å². The molecule has 6 heteroatoms. The van der Waals surface area contributed by atoms with Crippen molar-refractivity contribution in [3.05, 3.63) is 12.2 Å². The molecule has 0 aromatic heterocycles. The maximum Gasteiger partial charge on any atom is 0.328 e. The third kappa shape index (κ3) is 33.3. The van der Waals surface area contributed by atoms with Crippen molar-refractivity contribution in [1.29, 1.82) is 0 Å². The fraction of sp³-hybridized carbons (Fsp3) is 0.872. The van der Waals surface area contributed by atoms with E-state index in [1.165, 1.54) is 122 Å². The number of nitrogens with one attached hydrogen (secondary N) is 1. The maximum atomic E-state index is 12.6. The molecule has 45 heavy (non-hydrogen) atoms.